The molecule has 2 amide bonds. The van der Waals surface area contributed by atoms with Crippen LogP contribution in [0.3, 0.4) is 0 Å². The average molecular weight is 359 g/mol. The maximum Gasteiger partial charge on any atom is 0.286 e. The predicted molar refractivity (Wildman–Crippen MR) is 97.5 cm³/mol. The zero-order valence-electron chi connectivity index (χ0n) is 14.1. The van der Waals surface area contributed by atoms with Gasteiger partial charge in [-0.3, -0.25) is 14.9 Å². The van der Waals surface area contributed by atoms with Crippen LogP contribution >= 0.6 is 11.8 Å². The normalized spacial score (nSPS) is 22.5. The number of ether oxygens (including phenoxy) is 2. The molecule has 1 aromatic carbocycles. The number of hydrogen-bond donors (Lipinski definition) is 1. The number of thioether (sulfide) groups is 1. The Morgan fingerprint density at radius 3 is 2.88 bits per heavy atom. The highest BCUT2D eigenvalue weighted by Crippen LogP contribution is 2.29. The molecule has 0 spiro atoms. The number of rotatable bonds is 7. The highest BCUT2D eigenvalue weighted by atomic mass is 32.2. The lowest BCUT2D eigenvalue weighted by molar-refractivity contribution is -0.119. The Morgan fingerprint density at radius 1 is 1.32 bits per heavy atom. The number of hydrogen-bond acceptors (Lipinski definition) is 5. The van der Waals surface area contributed by atoms with Gasteiger partial charge in [0.2, 0.25) is 5.91 Å². The monoisotopic (exact) mass is 359 g/mol. The summed E-state index contributed by atoms with van der Waals surface area (Å²) in [7, 11) is 1.66. The first-order valence-corrected chi connectivity index (χ1v) is 9.17. The number of carbonyl (C=O) groups is 2. The second-order valence-corrected chi connectivity index (χ2v) is 7.21. The largest absolute Gasteiger partial charge is 0.497 e. The minimum atomic E-state index is -0.272. The summed E-state index contributed by atoms with van der Waals surface area (Å²) in [5, 5.41) is 1.81. The molecule has 1 fully saturated rings. The molecule has 0 radical (unpaired) electrons. The number of allylic oxidation sites excluding steroid dienone is 3. The summed E-state index contributed by atoms with van der Waals surface area (Å²) in [5.41, 5.74) is 1.17. The summed E-state index contributed by atoms with van der Waals surface area (Å²) < 4.78 is 11.0. The molecule has 5 nitrogen and oxygen atoms in total. The quantitative estimate of drug-likeness (QED) is 0.808. The van der Waals surface area contributed by atoms with Crippen LogP contribution in [0.2, 0.25) is 0 Å². The van der Waals surface area contributed by atoms with Crippen molar-refractivity contribution in [2.75, 3.05) is 13.7 Å². The van der Waals surface area contributed by atoms with Gasteiger partial charge in [-0.15, -0.1) is 0 Å². The van der Waals surface area contributed by atoms with Crippen molar-refractivity contribution in [3.8, 4) is 5.75 Å². The summed E-state index contributed by atoms with van der Waals surface area (Å²) in [5.74, 6) is 1.80. The fraction of sp³-hybridized carbons (Fsp3) is 0.368. The molecule has 0 bridgehead atoms. The minimum absolute atomic E-state index is 0.173. The summed E-state index contributed by atoms with van der Waals surface area (Å²) in [4.78, 5) is 22.8. The zero-order valence-corrected chi connectivity index (χ0v) is 14.9. The van der Waals surface area contributed by atoms with Crippen molar-refractivity contribution in [2.45, 2.75) is 24.5 Å². The van der Waals surface area contributed by atoms with Crippen molar-refractivity contribution in [1.82, 2.24) is 5.32 Å². The number of nitrogens with one attached hydrogen (secondary N) is 1. The first-order valence-electron chi connectivity index (χ1n) is 8.29. The highest BCUT2D eigenvalue weighted by molar-refractivity contribution is 8.15. The van der Waals surface area contributed by atoms with Crippen molar-refractivity contribution in [3.63, 3.8) is 0 Å². The van der Waals surface area contributed by atoms with Crippen molar-refractivity contribution >= 4 is 22.9 Å². The Labute approximate surface area is 151 Å². The van der Waals surface area contributed by atoms with E-state index in [-0.39, 0.29) is 22.3 Å². The number of carbonyl (C=O) groups excluding carboxylic acids is 2. The third-order valence-corrected chi connectivity index (χ3v) is 5.24. The van der Waals surface area contributed by atoms with E-state index >= 15 is 0 Å². The molecule has 0 saturated carbocycles. The van der Waals surface area contributed by atoms with Crippen LogP contribution in [-0.2, 0) is 16.0 Å². The maximum absolute atomic E-state index is 11.6. The summed E-state index contributed by atoms with van der Waals surface area (Å²) in [6.45, 7) is 0.601. The fourth-order valence-corrected chi connectivity index (χ4v) is 3.79. The molecule has 25 heavy (non-hydrogen) atoms. The third kappa shape index (κ3) is 4.89. The van der Waals surface area contributed by atoms with Crippen molar-refractivity contribution < 1.29 is 19.1 Å². The molecule has 132 valence electrons. The van der Waals surface area contributed by atoms with Gasteiger partial charge in [-0.2, -0.15) is 0 Å². The van der Waals surface area contributed by atoms with E-state index < -0.39 is 0 Å². The molecular formula is C19H21NO4S. The van der Waals surface area contributed by atoms with Gasteiger partial charge in [-0.05, 0) is 48.6 Å². The van der Waals surface area contributed by atoms with Gasteiger partial charge in [0.15, 0.2) is 0 Å². The van der Waals surface area contributed by atoms with Crippen LogP contribution < -0.4 is 10.1 Å². The molecule has 2 atom stereocenters. The second-order valence-electron chi connectivity index (χ2n) is 6.03. The Morgan fingerprint density at radius 2 is 2.20 bits per heavy atom. The highest BCUT2D eigenvalue weighted by Gasteiger charge is 2.33. The molecule has 2 aliphatic rings. The Hall–Kier alpha value is -2.21. The van der Waals surface area contributed by atoms with Crippen LogP contribution in [0.4, 0.5) is 4.79 Å². The lowest BCUT2D eigenvalue weighted by Gasteiger charge is -2.18. The first-order chi connectivity index (χ1) is 12.1. The van der Waals surface area contributed by atoms with Gasteiger partial charge in [0.25, 0.3) is 5.24 Å². The molecule has 6 heteroatoms. The Bertz CT molecular complexity index is 713. The van der Waals surface area contributed by atoms with Crippen LogP contribution in [0, 0.1) is 5.92 Å². The van der Waals surface area contributed by atoms with E-state index in [2.05, 4.69) is 23.5 Å². The molecule has 1 saturated heterocycles. The van der Waals surface area contributed by atoms with Crippen molar-refractivity contribution in [3.05, 3.63) is 53.8 Å². The molecule has 0 aromatic heterocycles. The smallest absolute Gasteiger partial charge is 0.286 e. The van der Waals surface area contributed by atoms with Gasteiger partial charge in [0.1, 0.15) is 11.5 Å². The zero-order chi connectivity index (χ0) is 17.6. The number of benzene rings is 1. The predicted octanol–water partition coefficient (Wildman–Crippen LogP) is 3.46. The topological polar surface area (TPSA) is 64.6 Å². The molecule has 1 aromatic rings. The van der Waals surface area contributed by atoms with E-state index in [1.807, 2.05) is 24.3 Å². The molecule has 3 rings (SSSR count). The van der Waals surface area contributed by atoms with Gasteiger partial charge in [-0.25, -0.2) is 0 Å². The second kappa shape index (κ2) is 8.25. The summed E-state index contributed by atoms with van der Waals surface area (Å²) in [6, 6.07) is 7.96. The van der Waals surface area contributed by atoms with Gasteiger partial charge < -0.3 is 9.47 Å². The van der Waals surface area contributed by atoms with Crippen LogP contribution in [0.1, 0.15) is 18.4 Å². The maximum atomic E-state index is 11.6. The Kier molecular flexibility index (Phi) is 5.81. The van der Waals surface area contributed by atoms with Crippen LogP contribution in [0.5, 0.6) is 5.75 Å². The van der Waals surface area contributed by atoms with E-state index in [1.54, 1.807) is 7.11 Å². The molecule has 1 aliphatic heterocycles. The van der Waals surface area contributed by atoms with Gasteiger partial charge in [-0.1, -0.05) is 30.0 Å². The number of amides is 2. The van der Waals surface area contributed by atoms with Gasteiger partial charge in [0.05, 0.1) is 19.0 Å². The van der Waals surface area contributed by atoms with Gasteiger partial charge in [0, 0.05) is 6.42 Å². The van der Waals surface area contributed by atoms with Gasteiger partial charge >= 0.3 is 0 Å². The van der Waals surface area contributed by atoms with E-state index in [0.717, 1.165) is 36.1 Å². The lowest BCUT2D eigenvalue weighted by atomic mass is 9.94. The van der Waals surface area contributed by atoms with E-state index in [0.29, 0.717) is 13.0 Å². The van der Waals surface area contributed by atoms with E-state index in [9.17, 15) is 9.59 Å². The summed E-state index contributed by atoms with van der Waals surface area (Å²) >= 11 is 1.09. The molecule has 1 aliphatic carbocycles. The molecule has 2 unspecified atom stereocenters. The number of methoxy groups -OCH3 is 1. The SMILES string of the molecule is COc1cccc(CCOC2=CCC(CC3SC(=O)NC3=O)C=C2)c1. The third-order valence-electron chi connectivity index (χ3n) is 4.23. The van der Waals surface area contributed by atoms with Crippen LogP contribution in [0.15, 0.2) is 48.3 Å². The average Bonchev–Trinajstić information content (AvgIpc) is 2.94. The van der Waals surface area contributed by atoms with E-state index in [1.165, 1.54) is 5.56 Å². The molecular weight excluding hydrogens is 338 g/mol. The fourth-order valence-electron chi connectivity index (χ4n) is 2.86. The van der Waals surface area contributed by atoms with Crippen LogP contribution in [-0.4, -0.2) is 30.1 Å². The molecule has 1 N–H and O–H groups in total. The first kappa shape index (κ1) is 17.6. The molecule has 1 heterocycles. The van der Waals surface area contributed by atoms with E-state index in [4.69, 9.17) is 9.47 Å². The number of imide groups is 1. The van der Waals surface area contributed by atoms with Crippen molar-refractivity contribution in [2.24, 2.45) is 5.92 Å². The minimum Gasteiger partial charge on any atom is -0.497 e. The van der Waals surface area contributed by atoms with Crippen LogP contribution in [0.25, 0.3) is 0 Å². The Balaban J connectivity index is 1.42. The summed E-state index contributed by atoms with van der Waals surface area (Å²) in [6.07, 6.45) is 8.38. The standard InChI is InChI=1S/C19H21NO4S/c1-23-16-4-2-3-13(11-16)9-10-24-15-7-5-14(6-8-15)12-17-18(21)20-19(22)25-17/h2-5,7-8,11,14,17H,6,9-10,12H2,1H3,(H,20,21,22). The lowest BCUT2D eigenvalue weighted by Crippen LogP contribution is -2.25. The van der Waals surface area contributed by atoms with Crippen molar-refractivity contribution in [1.29, 1.82) is 0 Å².